The topological polar surface area (TPSA) is 157 Å². The molecule has 0 aliphatic heterocycles. The molecule has 2 heterocycles. The van der Waals surface area contributed by atoms with Gasteiger partial charge >= 0.3 is 11.9 Å². The van der Waals surface area contributed by atoms with Crippen LogP contribution in [0.3, 0.4) is 0 Å². The van der Waals surface area contributed by atoms with Gasteiger partial charge in [0.2, 0.25) is 5.91 Å². The fourth-order valence-electron chi connectivity index (χ4n) is 5.61. The summed E-state index contributed by atoms with van der Waals surface area (Å²) < 4.78 is 11.3. The first kappa shape index (κ1) is 42.6. The molecule has 0 saturated carbocycles. The second-order valence-corrected chi connectivity index (χ2v) is 16.7. The zero-order chi connectivity index (χ0) is 40.2. The summed E-state index contributed by atoms with van der Waals surface area (Å²) in [6.45, 7) is 14.0. The van der Waals surface area contributed by atoms with Crippen LogP contribution in [0, 0.1) is 0 Å². The van der Waals surface area contributed by atoms with Crippen LogP contribution >= 0.6 is 11.3 Å². The number of ether oxygens (including phenoxy) is 2. The maximum Gasteiger partial charge on any atom is 0.329 e. The SMILES string of the molecule is CCCCCCCOc1ccc(-c2cnc(-c3ccc(CC(NC(=O)c4ccc(C(C)(C)C)s4)C(=O)NC(CC(=O)O)C(=O)OC(C)(C)C)cc3)nc2)cc1. The number of nitrogens with zero attached hydrogens (tertiary/aromatic N) is 2. The summed E-state index contributed by atoms with van der Waals surface area (Å²) in [6.07, 6.45) is 8.85. The molecule has 2 unspecified atom stereocenters. The number of carboxylic acid groups (broad SMARTS) is 1. The zero-order valence-electron chi connectivity index (χ0n) is 32.9. The van der Waals surface area contributed by atoms with Crippen molar-refractivity contribution in [3.05, 3.63) is 88.4 Å². The van der Waals surface area contributed by atoms with E-state index in [1.807, 2.05) is 75.4 Å². The monoisotopic (exact) mass is 770 g/mol. The number of thiophene rings is 1. The first-order chi connectivity index (χ1) is 26.0. The van der Waals surface area contributed by atoms with Crippen LogP contribution in [0.5, 0.6) is 5.75 Å². The van der Waals surface area contributed by atoms with E-state index >= 15 is 0 Å². The van der Waals surface area contributed by atoms with Crippen LogP contribution in [0.4, 0.5) is 0 Å². The first-order valence-corrected chi connectivity index (χ1v) is 19.6. The lowest BCUT2D eigenvalue weighted by Gasteiger charge is -2.25. The van der Waals surface area contributed by atoms with E-state index in [4.69, 9.17) is 9.47 Å². The standard InChI is InChI=1S/C43H54N4O7S/c1-8-9-10-11-12-23-53-32-19-17-29(18-20-32)31-26-44-38(45-27-31)30-15-13-28(14-16-30)24-33(46-40(51)35-21-22-36(55-35)42(2,3)4)39(50)47-34(25-37(48)49)41(52)54-43(5,6)7/h13-22,26-27,33-34H,8-12,23-25H2,1-7H3,(H,46,51)(H,47,50)(H,48,49). The molecular weight excluding hydrogens is 717 g/mol. The fraction of sp³-hybridized carbons (Fsp3) is 0.442. The normalized spacial score (nSPS) is 12.7. The summed E-state index contributed by atoms with van der Waals surface area (Å²) >= 11 is 1.33. The highest BCUT2D eigenvalue weighted by Gasteiger charge is 2.32. The molecule has 55 heavy (non-hydrogen) atoms. The quantitative estimate of drug-likeness (QED) is 0.0671. The first-order valence-electron chi connectivity index (χ1n) is 18.8. The van der Waals surface area contributed by atoms with Crippen molar-refractivity contribution < 1.29 is 33.8 Å². The van der Waals surface area contributed by atoms with Crippen LogP contribution in [0.1, 0.15) is 107 Å². The lowest BCUT2D eigenvalue weighted by molar-refractivity contribution is -0.161. The molecular formula is C43H54N4O7S. The Kier molecular flexibility index (Phi) is 15.1. The number of carbonyl (C=O) groups excluding carboxylic acids is 3. The van der Waals surface area contributed by atoms with Crippen LogP contribution < -0.4 is 15.4 Å². The number of nitrogens with one attached hydrogen (secondary N) is 2. The average Bonchev–Trinajstić information content (AvgIpc) is 3.64. The van der Waals surface area contributed by atoms with Crippen molar-refractivity contribution in [3.8, 4) is 28.3 Å². The molecule has 2 aromatic carbocycles. The van der Waals surface area contributed by atoms with E-state index in [1.165, 1.54) is 37.0 Å². The molecule has 0 aliphatic carbocycles. The number of esters is 1. The molecule has 3 N–H and O–H groups in total. The predicted octanol–water partition coefficient (Wildman–Crippen LogP) is 8.16. The van der Waals surface area contributed by atoms with Gasteiger partial charge in [-0.2, -0.15) is 0 Å². The Balaban J connectivity index is 1.47. The zero-order valence-corrected chi connectivity index (χ0v) is 33.8. The van der Waals surface area contributed by atoms with Crippen LogP contribution in [0.25, 0.3) is 22.5 Å². The second kappa shape index (κ2) is 19.5. The third kappa shape index (κ3) is 13.6. The van der Waals surface area contributed by atoms with Crippen molar-refractivity contribution >= 4 is 35.1 Å². The Morgan fingerprint density at radius 3 is 1.98 bits per heavy atom. The minimum absolute atomic E-state index is 0.0574. The van der Waals surface area contributed by atoms with Crippen LogP contribution in [-0.2, 0) is 31.0 Å². The maximum absolute atomic E-state index is 13.7. The van der Waals surface area contributed by atoms with Crippen LogP contribution in [-0.4, -0.2) is 63.1 Å². The summed E-state index contributed by atoms with van der Waals surface area (Å²) in [5.74, 6) is -2.00. The summed E-state index contributed by atoms with van der Waals surface area (Å²) in [6, 6.07) is 16.2. The van der Waals surface area contributed by atoms with Crippen LogP contribution in [0.15, 0.2) is 73.1 Å². The number of hydrogen-bond acceptors (Lipinski definition) is 9. The minimum Gasteiger partial charge on any atom is -0.494 e. The Morgan fingerprint density at radius 2 is 1.40 bits per heavy atom. The molecule has 11 nitrogen and oxygen atoms in total. The molecule has 0 aliphatic rings. The molecule has 0 spiro atoms. The van der Waals surface area contributed by atoms with Gasteiger partial charge in [0, 0.05) is 34.8 Å². The van der Waals surface area contributed by atoms with Crippen molar-refractivity contribution in [2.75, 3.05) is 6.61 Å². The summed E-state index contributed by atoms with van der Waals surface area (Å²) in [7, 11) is 0. The van der Waals surface area contributed by atoms with E-state index in [0.717, 1.165) is 33.7 Å². The van der Waals surface area contributed by atoms with Crippen molar-refractivity contribution in [1.82, 2.24) is 20.6 Å². The summed E-state index contributed by atoms with van der Waals surface area (Å²) in [4.78, 5) is 62.3. The number of carboxylic acids is 1. The van der Waals surface area contributed by atoms with Gasteiger partial charge in [0.15, 0.2) is 5.82 Å². The van der Waals surface area contributed by atoms with E-state index in [2.05, 4.69) is 27.5 Å². The van der Waals surface area contributed by atoms with E-state index in [9.17, 15) is 24.3 Å². The molecule has 0 bridgehead atoms. The van der Waals surface area contributed by atoms with Crippen molar-refractivity contribution in [2.45, 2.75) is 117 Å². The Hall–Kier alpha value is -5.10. The fourth-order valence-corrected chi connectivity index (χ4v) is 6.57. The van der Waals surface area contributed by atoms with Crippen molar-refractivity contribution in [1.29, 1.82) is 0 Å². The maximum atomic E-state index is 13.7. The number of amides is 2. The van der Waals surface area contributed by atoms with E-state index < -0.39 is 47.9 Å². The van der Waals surface area contributed by atoms with Gasteiger partial charge < -0.3 is 25.2 Å². The number of carbonyl (C=O) groups is 4. The number of benzene rings is 2. The third-order valence-corrected chi connectivity index (χ3v) is 10.1. The lowest BCUT2D eigenvalue weighted by Crippen LogP contribution is -2.53. The lowest BCUT2D eigenvalue weighted by atomic mass is 9.95. The highest BCUT2D eigenvalue weighted by atomic mass is 32.1. The molecule has 2 aromatic heterocycles. The van der Waals surface area contributed by atoms with Gasteiger partial charge in [-0.1, -0.05) is 89.8 Å². The predicted molar refractivity (Wildman–Crippen MR) is 215 cm³/mol. The Labute approximate surface area is 328 Å². The Bertz CT molecular complexity index is 1880. The molecule has 12 heteroatoms. The minimum atomic E-state index is -1.46. The Morgan fingerprint density at radius 1 is 0.764 bits per heavy atom. The largest absolute Gasteiger partial charge is 0.494 e. The van der Waals surface area contributed by atoms with Gasteiger partial charge in [0.25, 0.3) is 5.91 Å². The molecule has 4 rings (SSSR count). The van der Waals surface area contributed by atoms with Gasteiger partial charge in [0.05, 0.1) is 17.9 Å². The molecule has 2 atom stereocenters. The van der Waals surface area contributed by atoms with Crippen molar-refractivity contribution in [3.63, 3.8) is 0 Å². The molecule has 4 aromatic rings. The van der Waals surface area contributed by atoms with Gasteiger partial charge in [-0.25, -0.2) is 14.8 Å². The molecule has 0 radical (unpaired) electrons. The number of rotatable bonds is 18. The molecule has 0 saturated heterocycles. The second-order valence-electron chi connectivity index (χ2n) is 15.6. The number of aromatic nitrogens is 2. The van der Waals surface area contributed by atoms with E-state index in [1.54, 1.807) is 39.2 Å². The third-order valence-electron chi connectivity index (χ3n) is 8.59. The highest BCUT2D eigenvalue weighted by Crippen LogP contribution is 2.30. The van der Waals surface area contributed by atoms with Gasteiger partial charge in [-0.15, -0.1) is 11.3 Å². The number of aliphatic carboxylic acids is 1. The average molecular weight is 771 g/mol. The smallest absolute Gasteiger partial charge is 0.329 e. The summed E-state index contributed by atoms with van der Waals surface area (Å²) in [5.41, 5.74) is 2.22. The van der Waals surface area contributed by atoms with Crippen LogP contribution in [0.2, 0.25) is 0 Å². The summed E-state index contributed by atoms with van der Waals surface area (Å²) in [5, 5.41) is 14.8. The highest BCUT2D eigenvalue weighted by molar-refractivity contribution is 7.14. The van der Waals surface area contributed by atoms with Gasteiger partial charge in [-0.05, 0) is 68.0 Å². The van der Waals surface area contributed by atoms with E-state index in [-0.39, 0.29) is 11.8 Å². The van der Waals surface area contributed by atoms with Gasteiger partial charge in [0.1, 0.15) is 23.4 Å². The molecule has 294 valence electrons. The van der Waals surface area contributed by atoms with E-state index in [0.29, 0.717) is 22.9 Å². The molecule has 2 amide bonds. The van der Waals surface area contributed by atoms with Gasteiger partial charge in [-0.3, -0.25) is 14.4 Å². The van der Waals surface area contributed by atoms with Crippen molar-refractivity contribution in [2.24, 2.45) is 0 Å². The number of unbranched alkanes of at least 4 members (excludes halogenated alkanes) is 4. The number of hydrogen-bond donors (Lipinski definition) is 3. The molecule has 0 fully saturated rings.